The molecule has 0 bridgehead atoms. The maximum atomic E-state index is 4.95. The molecule has 0 saturated carbocycles. The van der Waals surface area contributed by atoms with E-state index in [0.29, 0.717) is 6.54 Å². The summed E-state index contributed by atoms with van der Waals surface area (Å²) in [6, 6.07) is 0. The summed E-state index contributed by atoms with van der Waals surface area (Å²) in [5.41, 5.74) is 4.95. The van der Waals surface area contributed by atoms with Gasteiger partial charge in [0.25, 0.3) is 0 Å². The first-order valence-electron chi connectivity index (χ1n) is 1.22. The summed E-state index contributed by atoms with van der Waals surface area (Å²) < 4.78 is 0. The molecule has 0 rings (SSSR count). The largest absolute Gasteiger partial charge is 0.330 e. The third-order valence-corrected chi connectivity index (χ3v) is 0.387. The van der Waals surface area contributed by atoms with Gasteiger partial charge in [-0.1, -0.05) is 0 Å². The molecule has 0 fully saturated rings. The maximum absolute atomic E-state index is 4.95. The Hall–Kier alpha value is 1.02. The minimum absolute atomic E-state index is 0. The van der Waals surface area contributed by atoms with E-state index in [1.54, 1.807) is 0 Å². The van der Waals surface area contributed by atoms with Crippen LogP contribution in [0.2, 0.25) is 0 Å². The summed E-state index contributed by atoms with van der Waals surface area (Å²) in [6.45, 7) is 0.684. The molecule has 0 aliphatic carbocycles. The molecule has 0 saturated heterocycles. The third-order valence-electron chi connectivity index (χ3n) is 0.129. The van der Waals surface area contributed by atoms with Crippen molar-refractivity contribution in [2.24, 2.45) is 5.73 Å². The van der Waals surface area contributed by atoms with Crippen LogP contribution in [0.15, 0.2) is 0 Å². The molecule has 0 spiro atoms. The summed E-state index contributed by atoms with van der Waals surface area (Å²) in [6.07, 6.45) is 0. The molecule has 0 aliphatic heterocycles. The normalized spacial score (nSPS) is 6.00. The fourth-order valence-corrected chi connectivity index (χ4v) is 0. The first-order chi connectivity index (χ1) is 1.91. The Bertz CT molecular complexity index is 11.6. The van der Waals surface area contributed by atoms with Crippen molar-refractivity contribution in [1.29, 1.82) is 0 Å². The van der Waals surface area contributed by atoms with Gasteiger partial charge >= 0.3 is 0 Å². The quantitative estimate of drug-likeness (QED) is 0.370. The summed E-state index contributed by atoms with van der Waals surface area (Å²) >= 11 is 3.80. The van der Waals surface area contributed by atoms with Crippen molar-refractivity contribution in [2.75, 3.05) is 12.3 Å². The summed E-state index contributed by atoms with van der Waals surface area (Å²) in [5.74, 6) is 0.792. The zero-order valence-corrected chi connectivity index (χ0v) is 5.39. The smallest absolute Gasteiger partial charge is 0.00255 e. The first-order valence-corrected chi connectivity index (χ1v) is 1.86. The molecule has 0 aromatic heterocycles. The fourth-order valence-electron chi connectivity index (χ4n) is 0. The maximum Gasteiger partial charge on any atom is 0.00255 e. The van der Waals surface area contributed by atoms with E-state index in [2.05, 4.69) is 12.6 Å². The van der Waals surface area contributed by atoms with Crippen LogP contribution in [0.5, 0.6) is 0 Å². The first kappa shape index (κ1) is 9.39. The van der Waals surface area contributed by atoms with E-state index in [4.69, 9.17) is 5.73 Å². The molecular formula is C2H7NSTi. The van der Waals surface area contributed by atoms with Crippen LogP contribution in [-0.4, -0.2) is 12.3 Å². The molecular weight excluding hydrogens is 118 g/mol. The van der Waals surface area contributed by atoms with Crippen LogP contribution in [-0.2, 0) is 21.7 Å². The van der Waals surface area contributed by atoms with E-state index >= 15 is 0 Å². The second kappa shape index (κ2) is 8.90. The standard InChI is InChI=1S/C2H7NS.Ti/c3-1-2-4;/h4H,1-3H2;. The van der Waals surface area contributed by atoms with Gasteiger partial charge in [0.1, 0.15) is 0 Å². The Morgan fingerprint density at radius 2 is 1.80 bits per heavy atom. The van der Waals surface area contributed by atoms with Crippen molar-refractivity contribution in [3.63, 3.8) is 0 Å². The molecule has 0 aromatic rings. The van der Waals surface area contributed by atoms with Crippen molar-refractivity contribution in [3.05, 3.63) is 0 Å². The molecule has 0 unspecified atom stereocenters. The zero-order chi connectivity index (χ0) is 3.41. The van der Waals surface area contributed by atoms with Crippen LogP contribution in [0.3, 0.4) is 0 Å². The second-order valence-electron chi connectivity index (χ2n) is 0.512. The molecule has 0 atom stereocenters. The topological polar surface area (TPSA) is 26.0 Å². The molecule has 30 valence electrons. The van der Waals surface area contributed by atoms with E-state index in [0.717, 1.165) is 5.75 Å². The number of rotatable bonds is 1. The molecule has 0 heterocycles. The average molecular weight is 125 g/mol. The third kappa shape index (κ3) is 11.2. The molecule has 0 amide bonds. The van der Waals surface area contributed by atoms with Gasteiger partial charge in [-0.3, -0.25) is 0 Å². The van der Waals surface area contributed by atoms with Gasteiger partial charge in [-0.2, -0.15) is 12.6 Å². The monoisotopic (exact) mass is 125 g/mol. The van der Waals surface area contributed by atoms with Crippen molar-refractivity contribution in [2.45, 2.75) is 0 Å². The summed E-state index contributed by atoms with van der Waals surface area (Å²) in [5, 5.41) is 0. The van der Waals surface area contributed by atoms with Gasteiger partial charge < -0.3 is 5.73 Å². The van der Waals surface area contributed by atoms with Crippen LogP contribution in [0.4, 0.5) is 0 Å². The predicted octanol–water partition coefficient (Wildman–Crippen LogP) is -0.128. The number of nitrogens with two attached hydrogens (primary N) is 1. The van der Waals surface area contributed by atoms with Crippen molar-refractivity contribution < 1.29 is 21.7 Å². The summed E-state index contributed by atoms with van der Waals surface area (Å²) in [7, 11) is 0. The molecule has 2 N–H and O–H groups in total. The average Bonchev–Trinajstić information content (AvgIpc) is 1.37. The van der Waals surface area contributed by atoms with Crippen LogP contribution >= 0.6 is 12.6 Å². The van der Waals surface area contributed by atoms with Gasteiger partial charge in [0.05, 0.1) is 0 Å². The minimum atomic E-state index is 0. The van der Waals surface area contributed by atoms with Gasteiger partial charge in [-0.25, -0.2) is 0 Å². The van der Waals surface area contributed by atoms with Gasteiger partial charge in [-0.05, 0) is 0 Å². The number of hydrogen-bond acceptors (Lipinski definition) is 2. The molecule has 3 heteroatoms. The van der Waals surface area contributed by atoms with E-state index < -0.39 is 0 Å². The van der Waals surface area contributed by atoms with Crippen molar-refractivity contribution in [1.82, 2.24) is 0 Å². The predicted molar refractivity (Wildman–Crippen MR) is 22.9 cm³/mol. The second-order valence-corrected chi connectivity index (χ2v) is 0.959. The summed E-state index contributed by atoms with van der Waals surface area (Å²) in [4.78, 5) is 0. The number of thiol groups is 1. The van der Waals surface area contributed by atoms with E-state index in [-0.39, 0.29) is 21.7 Å². The van der Waals surface area contributed by atoms with Crippen molar-refractivity contribution >= 4 is 12.6 Å². The number of hydrogen-bond donors (Lipinski definition) is 2. The Balaban J connectivity index is 0. The Morgan fingerprint density at radius 3 is 1.80 bits per heavy atom. The van der Waals surface area contributed by atoms with Gasteiger partial charge in [-0.15, -0.1) is 0 Å². The molecule has 0 aliphatic rings. The SMILES string of the molecule is NCCS.[Ti]. The van der Waals surface area contributed by atoms with Gasteiger partial charge in [0, 0.05) is 34.0 Å². The van der Waals surface area contributed by atoms with E-state index in [1.807, 2.05) is 0 Å². The van der Waals surface area contributed by atoms with E-state index in [9.17, 15) is 0 Å². The van der Waals surface area contributed by atoms with E-state index in [1.165, 1.54) is 0 Å². The Morgan fingerprint density at radius 1 is 1.60 bits per heavy atom. The molecule has 0 radical (unpaired) electrons. The zero-order valence-electron chi connectivity index (χ0n) is 2.94. The van der Waals surface area contributed by atoms with Crippen LogP contribution in [0.1, 0.15) is 0 Å². The van der Waals surface area contributed by atoms with Gasteiger partial charge in [0.15, 0.2) is 0 Å². The van der Waals surface area contributed by atoms with Crippen LogP contribution < -0.4 is 5.73 Å². The Labute approximate surface area is 52.6 Å². The van der Waals surface area contributed by atoms with Gasteiger partial charge in [0.2, 0.25) is 0 Å². The Kier molecular flexibility index (Phi) is 16.7. The van der Waals surface area contributed by atoms with Crippen LogP contribution in [0, 0.1) is 0 Å². The minimum Gasteiger partial charge on any atom is -0.330 e. The van der Waals surface area contributed by atoms with Crippen molar-refractivity contribution in [3.8, 4) is 0 Å². The molecule has 5 heavy (non-hydrogen) atoms. The molecule has 0 aromatic carbocycles. The van der Waals surface area contributed by atoms with Crippen LogP contribution in [0.25, 0.3) is 0 Å². The fraction of sp³-hybridized carbons (Fsp3) is 1.00. The molecule has 1 nitrogen and oxygen atoms in total.